The second kappa shape index (κ2) is 16.4. The van der Waals surface area contributed by atoms with Crippen LogP contribution in [0.1, 0.15) is 42.9 Å². The molecule has 4 rings (SSSR count). The molecule has 0 aromatic heterocycles. The van der Waals surface area contributed by atoms with Crippen LogP contribution in [-0.2, 0) is 11.3 Å². The highest BCUT2D eigenvalue weighted by atomic mass is 35.5. The van der Waals surface area contributed by atoms with Crippen molar-refractivity contribution in [2.75, 3.05) is 0 Å². The zero-order chi connectivity index (χ0) is 26.4. The third kappa shape index (κ3) is 11.4. The van der Waals surface area contributed by atoms with E-state index in [-0.39, 0.29) is 6.54 Å². The van der Waals surface area contributed by atoms with E-state index in [1.807, 2.05) is 38.0 Å². The quantitative estimate of drug-likeness (QED) is 0.352. The Morgan fingerprint density at radius 2 is 1.54 bits per heavy atom. The number of carbonyl (C=O) groups is 1. The Labute approximate surface area is 221 Å². The van der Waals surface area contributed by atoms with Crippen LogP contribution in [0, 0.1) is 24.5 Å². The zero-order valence-electron chi connectivity index (χ0n) is 19.8. The maximum atomic E-state index is 12.3. The summed E-state index contributed by atoms with van der Waals surface area (Å²) in [7, 11) is 0. The smallest absolute Gasteiger partial charge is 0.159 e. The van der Waals surface area contributed by atoms with Crippen LogP contribution in [0.3, 0.4) is 0 Å². The van der Waals surface area contributed by atoms with Crippen LogP contribution in [0.15, 0.2) is 66.7 Å². The fraction of sp³-hybridized carbons (Fsp3) is 0.250. The summed E-state index contributed by atoms with van der Waals surface area (Å²) < 4.78 is 24.6. The Kier molecular flexibility index (Phi) is 14.5. The molecule has 35 heavy (non-hydrogen) atoms. The normalized spacial score (nSPS) is 14.2. The molecule has 3 aromatic carbocycles. The molecule has 0 radical (unpaired) electrons. The maximum absolute atomic E-state index is 12.3. The van der Waals surface area contributed by atoms with Gasteiger partial charge in [-0.3, -0.25) is 0 Å². The first-order valence-electron chi connectivity index (χ1n) is 11.0. The highest BCUT2D eigenvalue weighted by Crippen LogP contribution is 2.30. The van der Waals surface area contributed by atoms with Gasteiger partial charge in [0.25, 0.3) is 0 Å². The lowest BCUT2D eigenvalue weighted by Crippen LogP contribution is -2.00. The van der Waals surface area contributed by atoms with E-state index in [0.717, 1.165) is 33.7 Å². The lowest BCUT2D eigenvalue weighted by molar-refractivity contribution is -0.0979. The van der Waals surface area contributed by atoms with E-state index in [9.17, 15) is 8.78 Å². The first-order chi connectivity index (χ1) is 16.7. The van der Waals surface area contributed by atoms with Crippen LogP contribution in [0.2, 0.25) is 15.1 Å². The van der Waals surface area contributed by atoms with Crippen molar-refractivity contribution in [1.29, 1.82) is 0 Å². The first kappa shape index (κ1) is 30.8. The lowest BCUT2D eigenvalue weighted by Gasteiger charge is -2.18. The summed E-state index contributed by atoms with van der Waals surface area (Å²) in [4.78, 5) is 8.00. The molecular weight excluding hydrogens is 511 g/mol. The van der Waals surface area contributed by atoms with Crippen molar-refractivity contribution in [2.45, 2.75) is 39.7 Å². The van der Waals surface area contributed by atoms with Gasteiger partial charge >= 0.3 is 0 Å². The summed E-state index contributed by atoms with van der Waals surface area (Å²) in [6.07, 6.45) is 6.12. The van der Waals surface area contributed by atoms with Crippen LogP contribution in [0.25, 0.3) is 5.57 Å². The van der Waals surface area contributed by atoms with Crippen LogP contribution in [0.4, 0.5) is 8.78 Å². The van der Waals surface area contributed by atoms with E-state index >= 15 is 0 Å². The molecule has 0 heterocycles. The van der Waals surface area contributed by atoms with E-state index in [2.05, 4.69) is 25.1 Å². The molecule has 2 N–H and O–H groups in total. The fourth-order valence-electron chi connectivity index (χ4n) is 3.13. The molecular formula is C28H30Cl3F2NO. The van der Waals surface area contributed by atoms with Crippen molar-refractivity contribution in [3.05, 3.63) is 110 Å². The van der Waals surface area contributed by atoms with Crippen LogP contribution in [-0.4, -0.2) is 6.79 Å². The average molecular weight is 541 g/mol. The fourth-order valence-corrected chi connectivity index (χ4v) is 3.66. The number of nitrogens with two attached hydrogens (primary N) is 1. The van der Waals surface area contributed by atoms with Crippen molar-refractivity contribution in [3.63, 3.8) is 0 Å². The Bertz CT molecular complexity index is 1090. The molecule has 0 spiro atoms. The van der Waals surface area contributed by atoms with Crippen molar-refractivity contribution in [1.82, 2.24) is 0 Å². The van der Waals surface area contributed by atoms with Gasteiger partial charge in [-0.1, -0.05) is 72.1 Å². The third-order valence-electron chi connectivity index (χ3n) is 5.24. The largest absolute Gasteiger partial charge is 0.326 e. The van der Waals surface area contributed by atoms with E-state index in [0.29, 0.717) is 10.6 Å². The van der Waals surface area contributed by atoms with Crippen molar-refractivity contribution in [3.8, 4) is 0 Å². The van der Waals surface area contributed by atoms with Gasteiger partial charge in [-0.15, -0.1) is 0 Å². The van der Waals surface area contributed by atoms with Gasteiger partial charge in [-0.2, -0.15) is 0 Å². The molecule has 0 bridgehead atoms. The molecule has 188 valence electrons. The van der Waals surface area contributed by atoms with E-state index < -0.39 is 11.6 Å². The molecule has 0 unspecified atom stereocenters. The number of carbonyl (C=O) groups excluding carboxylic acids is 1. The number of halogens is 5. The molecule has 3 aromatic rings. The number of hydrogen-bond acceptors (Lipinski definition) is 2. The van der Waals surface area contributed by atoms with Gasteiger partial charge in [0.1, 0.15) is 6.79 Å². The summed E-state index contributed by atoms with van der Waals surface area (Å²) in [6.45, 7) is 6.49. The molecule has 2 nitrogen and oxygen atoms in total. The Hall–Kier alpha value is -2.24. The number of allylic oxidation sites excluding steroid dienone is 2. The zero-order valence-corrected chi connectivity index (χ0v) is 22.1. The average Bonchev–Trinajstić information content (AvgIpc) is 2.86. The van der Waals surface area contributed by atoms with Crippen molar-refractivity contribution in [2.24, 2.45) is 11.7 Å². The predicted octanol–water partition coefficient (Wildman–Crippen LogP) is 9.08. The molecule has 1 aliphatic carbocycles. The standard InChI is InChI=1S/C13H15Cl.C7H6Cl2.C7H7F2N.CH2O/c1-10-2-4-11(5-3-10)12-6-8-13(14)9-7-12;1-5-2-3-6(8)4-7(5)9;8-6-2-1-5(4-10)3-7(6)9;1-2/h4,6-10H,2-3,5H2,1H3;2-4H,1H3;1-3H,4,10H2;1H2/t10-;;;/m1.../s1. The molecule has 0 saturated heterocycles. The van der Waals surface area contributed by atoms with Crippen LogP contribution in [0.5, 0.6) is 0 Å². The summed E-state index contributed by atoms with van der Waals surface area (Å²) >= 11 is 17.2. The summed E-state index contributed by atoms with van der Waals surface area (Å²) in [5.74, 6) is -0.828. The predicted molar refractivity (Wildman–Crippen MR) is 145 cm³/mol. The molecule has 0 aliphatic heterocycles. The Morgan fingerprint density at radius 3 is 2.03 bits per heavy atom. The number of aryl methyl sites for hydroxylation is 1. The Balaban J connectivity index is 0.000000261. The van der Waals surface area contributed by atoms with Crippen molar-refractivity contribution >= 4 is 47.2 Å². The highest BCUT2D eigenvalue weighted by Gasteiger charge is 2.11. The first-order valence-corrected chi connectivity index (χ1v) is 12.1. The summed E-state index contributed by atoms with van der Waals surface area (Å²) in [6, 6.07) is 17.2. The number of benzene rings is 3. The van der Waals surface area contributed by atoms with Crippen LogP contribution >= 0.6 is 34.8 Å². The summed E-state index contributed by atoms with van der Waals surface area (Å²) in [5.41, 5.74) is 9.65. The SMILES string of the molecule is C=O.C[C@@H]1CC=C(c2ccc(Cl)cc2)CC1.Cc1ccc(Cl)cc1Cl.NCc1ccc(F)c(F)c1. The maximum Gasteiger partial charge on any atom is 0.159 e. The second-order valence-electron chi connectivity index (χ2n) is 7.96. The van der Waals surface area contributed by atoms with Crippen molar-refractivity contribution < 1.29 is 13.6 Å². The monoisotopic (exact) mass is 539 g/mol. The van der Waals surface area contributed by atoms with Gasteiger partial charge in [0.2, 0.25) is 0 Å². The van der Waals surface area contributed by atoms with E-state index in [4.69, 9.17) is 45.3 Å². The minimum Gasteiger partial charge on any atom is -0.326 e. The van der Waals surface area contributed by atoms with Gasteiger partial charge in [-0.25, -0.2) is 8.78 Å². The number of rotatable bonds is 2. The summed E-state index contributed by atoms with van der Waals surface area (Å²) in [5, 5.41) is 2.23. The van der Waals surface area contributed by atoms with Gasteiger partial charge in [-0.05, 0) is 90.8 Å². The third-order valence-corrected chi connectivity index (χ3v) is 6.14. The molecule has 0 saturated carbocycles. The van der Waals surface area contributed by atoms with Gasteiger partial charge in [0.05, 0.1) is 0 Å². The van der Waals surface area contributed by atoms with Gasteiger partial charge in [0, 0.05) is 21.6 Å². The minimum atomic E-state index is -0.844. The molecule has 1 aliphatic rings. The molecule has 0 fully saturated rings. The molecule has 1 atom stereocenters. The topological polar surface area (TPSA) is 43.1 Å². The van der Waals surface area contributed by atoms with Crippen LogP contribution < -0.4 is 5.73 Å². The van der Waals surface area contributed by atoms with E-state index in [1.165, 1.54) is 36.5 Å². The van der Waals surface area contributed by atoms with Gasteiger partial charge < -0.3 is 10.5 Å². The number of hydrogen-bond donors (Lipinski definition) is 1. The molecule has 7 heteroatoms. The molecule has 0 amide bonds. The lowest BCUT2D eigenvalue weighted by atomic mass is 9.88. The Morgan fingerprint density at radius 1 is 0.914 bits per heavy atom. The second-order valence-corrected chi connectivity index (χ2v) is 9.24. The minimum absolute atomic E-state index is 0.233. The van der Waals surface area contributed by atoms with E-state index in [1.54, 1.807) is 6.07 Å². The highest BCUT2D eigenvalue weighted by molar-refractivity contribution is 6.35. The van der Waals surface area contributed by atoms with Gasteiger partial charge in [0.15, 0.2) is 11.6 Å².